The van der Waals surface area contributed by atoms with Crippen LogP contribution in [0.15, 0.2) is 36.4 Å². The van der Waals surface area contributed by atoms with Crippen molar-refractivity contribution < 1.29 is 4.39 Å². The summed E-state index contributed by atoms with van der Waals surface area (Å²) in [5, 5.41) is 1.31. The minimum atomic E-state index is -0.426. The van der Waals surface area contributed by atoms with Crippen molar-refractivity contribution in [2.24, 2.45) is 5.73 Å². The van der Waals surface area contributed by atoms with Gasteiger partial charge in [-0.1, -0.05) is 46.9 Å². The first kappa shape index (κ1) is 15.6. The molecule has 1 nitrogen and oxygen atoms in total. The van der Waals surface area contributed by atoms with Crippen molar-refractivity contribution in [2.75, 3.05) is 0 Å². The third-order valence-corrected chi connectivity index (χ3v) is 3.86. The summed E-state index contributed by atoms with van der Waals surface area (Å²) in [6.45, 7) is 0. The van der Waals surface area contributed by atoms with Crippen LogP contribution in [0.25, 0.3) is 0 Å². The van der Waals surface area contributed by atoms with Crippen LogP contribution in [0.3, 0.4) is 0 Å². The summed E-state index contributed by atoms with van der Waals surface area (Å²) in [7, 11) is 0. The summed E-state index contributed by atoms with van der Waals surface area (Å²) in [5.41, 5.74) is 7.94. The van der Waals surface area contributed by atoms with Crippen LogP contribution in [0.4, 0.5) is 4.39 Å². The minimum Gasteiger partial charge on any atom is -0.327 e. The highest BCUT2D eigenvalue weighted by atomic mass is 35.5. The SMILES string of the molecule is NC(Cc1ccc(F)c(Cl)c1)Cc1ccc(Cl)cc1Cl. The molecular weight excluding hydrogens is 320 g/mol. The van der Waals surface area contributed by atoms with E-state index in [2.05, 4.69) is 0 Å². The fraction of sp³-hybridized carbons (Fsp3) is 0.200. The van der Waals surface area contributed by atoms with Crippen LogP contribution in [-0.4, -0.2) is 6.04 Å². The predicted octanol–water partition coefficient (Wildman–Crippen LogP) is 4.90. The Bertz CT molecular complexity index is 616. The molecule has 0 aliphatic heterocycles. The number of hydrogen-bond acceptors (Lipinski definition) is 1. The van der Waals surface area contributed by atoms with Crippen LogP contribution in [-0.2, 0) is 12.8 Å². The van der Waals surface area contributed by atoms with Crippen molar-refractivity contribution in [1.82, 2.24) is 0 Å². The average Bonchev–Trinajstić information content (AvgIpc) is 2.37. The molecule has 1 atom stereocenters. The molecule has 0 saturated carbocycles. The van der Waals surface area contributed by atoms with E-state index in [1.54, 1.807) is 24.3 Å². The number of benzene rings is 2. The largest absolute Gasteiger partial charge is 0.327 e. The molecule has 0 radical (unpaired) electrons. The Kier molecular flexibility index (Phi) is 5.28. The van der Waals surface area contributed by atoms with E-state index in [9.17, 15) is 4.39 Å². The molecule has 5 heteroatoms. The number of hydrogen-bond donors (Lipinski definition) is 1. The first-order valence-corrected chi connectivity index (χ1v) is 7.22. The van der Waals surface area contributed by atoms with E-state index in [4.69, 9.17) is 40.5 Å². The standard InChI is InChI=1S/C15H13Cl3FN/c16-11-3-2-10(13(17)8-11)7-12(20)5-9-1-4-15(19)14(18)6-9/h1-4,6,8,12H,5,7,20H2. The monoisotopic (exact) mass is 331 g/mol. The second-order valence-electron chi connectivity index (χ2n) is 4.65. The highest BCUT2D eigenvalue weighted by Crippen LogP contribution is 2.23. The average molecular weight is 333 g/mol. The summed E-state index contributed by atoms with van der Waals surface area (Å²) in [6, 6.07) is 9.84. The van der Waals surface area contributed by atoms with Crippen LogP contribution in [0.2, 0.25) is 15.1 Å². The van der Waals surface area contributed by atoms with E-state index < -0.39 is 5.82 Å². The molecule has 0 spiro atoms. The van der Waals surface area contributed by atoms with Gasteiger partial charge in [0.25, 0.3) is 0 Å². The number of halogens is 4. The van der Waals surface area contributed by atoms with Crippen molar-refractivity contribution >= 4 is 34.8 Å². The van der Waals surface area contributed by atoms with Crippen LogP contribution in [0.5, 0.6) is 0 Å². The molecule has 2 aromatic rings. The first-order valence-electron chi connectivity index (χ1n) is 6.09. The normalized spacial score (nSPS) is 12.4. The molecule has 2 N–H and O–H groups in total. The Morgan fingerprint density at radius 3 is 2.35 bits per heavy atom. The molecule has 0 aliphatic carbocycles. The Morgan fingerprint density at radius 1 is 0.950 bits per heavy atom. The molecule has 2 aromatic carbocycles. The van der Waals surface area contributed by atoms with E-state index >= 15 is 0 Å². The molecule has 0 aliphatic rings. The van der Waals surface area contributed by atoms with E-state index in [-0.39, 0.29) is 11.1 Å². The fourth-order valence-electron chi connectivity index (χ4n) is 2.01. The maximum atomic E-state index is 13.1. The fourth-order valence-corrected chi connectivity index (χ4v) is 2.70. The summed E-state index contributed by atoms with van der Waals surface area (Å²) >= 11 is 17.7. The van der Waals surface area contributed by atoms with E-state index in [0.717, 1.165) is 11.1 Å². The minimum absolute atomic E-state index is 0.110. The van der Waals surface area contributed by atoms with Crippen LogP contribution < -0.4 is 5.73 Å². The molecule has 0 saturated heterocycles. The van der Waals surface area contributed by atoms with Gasteiger partial charge in [0.1, 0.15) is 5.82 Å². The van der Waals surface area contributed by atoms with Gasteiger partial charge in [-0.3, -0.25) is 0 Å². The Labute approximate surface area is 132 Å². The molecule has 0 bridgehead atoms. The van der Waals surface area contributed by atoms with Gasteiger partial charge >= 0.3 is 0 Å². The zero-order chi connectivity index (χ0) is 14.7. The van der Waals surface area contributed by atoms with Crippen molar-refractivity contribution in [3.05, 3.63) is 68.4 Å². The maximum Gasteiger partial charge on any atom is 0.141 e. The lowest BCUT2D eigenvalue weighted by Gasteiger charge is -2.13. The van der Waals surface area contributed by atoms with Gasteiger partial charge < -0.3 is 5.73 Å². The zero-order valence-electron chi connectivity index (χ0n) is 10.5. The molecule has 0 aromatic heterocycles. The third kappa shape index (κ3) is 4.10. The summed E-state index contributed by atoms with van der Waals surface area (Å²) in [5.74, 6) is -0.426. The summed E-state index contributed by atoms with van der Waals surface area (Å²) < 4.78 is 13.1. The molecule has 20 heavy (non-hydrogen) atoms. The van der Waals surface area contributed by atoms with Gasteiger partial charge in [-0.2, -0.15) is 0 Å². The number of rotatable bonds is 4. The Hall–Kier alpha value is -0.800. The highest BCUT2D eigenvalue weighted by molar-refractivity contribution is 6.35. The molecule has 2 rings (SSSR count). The van der Waals surface area contributed by atoms with Crippen LogP contribution in [0, 0.1) is 5.82 Å². The highest BCUT2D eigenvalue weighted by Gasteiger charge is 2.10. The Balaban J connectivity index is 2.04. The van der Waals surface area contributed by atoms with E-state index in [0.29, 0.717) is 22.9 Å². The molecule has 0 fully saturated rings. The quantitative estimate of drug-likeness (QED) is 0.847. The van der Waals surface area contributed by atoms with Crippen molar-refractivity contribution in [3.63, 3.8) is 0 Å². The van der Waals surface area contributed by atoms with Gasteiger partial charge in [0.2, 0.25) is 0 Å². The summed E-state index contributed by atoms with van der Waals surface area (Å²) in [6.07, 6.45) is 1.21. The topological polar surface area (TPSA) is 26.0 Å². The van der Waals surface area contributed by atoms with Crippen molar-refractivity contribution in [3.8, 4) is 0 Å². The molecule has 0 heterocycles. The van der Waals surface area contributed by atoms with Gasteiger partial charge in [0.15, 0.2) is 0 Å². The number of nitrogens with two attached hydrogens (primary N) is 1. The Morgan fingerprint density at radius 2 is 1.70 bits per heavy atom. The molecule has 1 unspecified atom stereocenters. The lowest BCUT2D eigenvalue weighted by Crippen LogP contribution is -2.25. The van der Waals surface area contributed by atoms with Crippen molar-refractivity contribution in [2.45, 2.75) is 18.9 Å². The lowest BCUT2D eigenvalue weighted by atomic mass is 10.00. The predicted molar refractivity (Wildman–Crippen MR) is 83.3 cm³/mol. The van der Waals surface area contributed by atoms with Crippen LogP contribution >= 0.6 is 34.8 Å². The van der Waals surface area contributed by atoms with E-state index in [1.165, 1.54) is 6.07 Å². The molecule has 106 valence electrons. The molecular formula is C15H13Cl3FN. The zero-order valence-corrected chi connectivity index (χ0v) is 12.8. The second-order valence-corrected chi connectivity index (χ2v) is 5.90. The van der Waals surface area contributed by atoms with Gasteiger partial charge in [0, 0.05) is 16.1 Å². The van der Waals surface area contributed by atoms with Gasteiger partial charge in [0.05, 0.1) is 5.02 Å². The van der Waals surface area contributed by atoms with E-state index in [1.807, 2.05) is 6.07 Å². The maximum absolute atomic E-state index is 13.1. The third-order valence-electron chi connectivity index (χ3n) is 2.98. The summed E-state index contributed by atoms with van der Waals surface area (Å²) in [4.78, 5) is 0. The smallest absolute Gasteiger partial charge is 0.141 e. The first-order chi connectivity index (χ1) is 9.45. The lowest BCUT2D eigenvalue weighted by molar-refractivity contribution is 0.624. The van der Waals surface area contributed by atoms with Crippen LogP contribution in [0.1, 0.15) is 11.1 Å². The second kappa shape index (κ2) is 6.77. The van der Waals surface area contributed by atoms with Gasteiger partial charge in [-0.05, 0) is 48.2 Å². The van der Waals surface area contributed by atoms with Crippen molar-refractivity contribution in [1.29, 1.82) is 0 Å². The van der Waals surface area contributed by atoms with Gasteiger partial charge in [-0.15, -0.1) is 0 Å². The van der Waals surface area contributed by atoms with Gasteiger partial charge in [-0.25, -0.2) is 4.39 Å². The molecule has 0 amide bonds.